The van der Waals surface area contributed by atoms with Crippen LogP contribution in [0, 0.1) is 0 Å². The summed E-state index contributed by atoms with van der Waals surface area (Å²) in [5, 5.41) is 9.96. The Hall–Kier alpha value is -2.53. The van der Waals surface area contributed by atoms with Crippen molar-refractivity contribution in [1.29, 1.82) is 0 Å². The average Bonchev–Trinajstić information content (AvgIpc) is 2.67. The Labute approximate surface area is 157 Å². The fourth-order valence-corrected chi connectivity index (χ4v) is 3.63. The Morgan fingerprint density at radius 1 is 1.19 bits per heavy atom. The van der Waals surface area contributed by atoms with Gasteiger partial charge in [0.05, 0.1) is 13.2 Å². The predicted molar refractivity (Wildman–Crippen MR) is 98.9 cm³/mol. The number of carbonyl (C=O) groups is 2. The van der Waals surface area contributed by atoms with Crippen molar-refractivity contribution in [2.24, 2.45) is 0 Å². The molecule has 0 radical (unpaired) electrons. The highest BCUT2D eigenvalue weighted by Crippen LogP contribution is 2.43. The summed E-state index contributed by atoms with van der Waals surface area (Å²) >= 11 is 5.83. The predicted octanol–water partition coefficient (Wildman–Crippen LogP) is 3.69. The van der Waals surface area contributed by atoms with Gasteiger partial charge in [0, 0.05) is 18.0 Å². The summed E-state index contributed by atoms with van der Waals surface area (Å²) in [6, 6.07) is 13.5. The molecule has 1 N–H and O–H groups in total. The Balaban J connectivity index is 2.14. The van der Waals surface area contributed by atoms with Crippen LogP contribution in [0.3, 0.4) is 0 Å². The summed E-state index contributed by atoms with van der Waals surface area (Å²) in [6.45, 7) is 0.400. The Kier molecular flexibility index (Phi) is 5.47. The number of benzene rings is 2. The molecule has 0 spiro atoms. The van der Waals surface area contributed by atoms with E-state index >= 15 is 0 Å². The molecule has 136 valence electrons. The van der Waals surface area contributed by atoms with Gasteiger partial charge in [-0.25, -0.2) is 0 Å². The van der Waals surface area contributed by atoms with Gasteiger partial charge in [0.2, 0.25) is 0 Å². The second-order valence-corrected chi connectivity index (χ2v) is 6.54. The van der Waals surface area contributed by atoms with Crippen LogP contribution in [-0.2, 0) is 4.79 Å². The first-order valence-corrected chi connectivity index (χ1v) is 8.94. The molecule has 0 bridgehead atoms. The number of alkyl halides is 1. The van der Waals surface area contributed by atoms with E-state index in [1.165, 1.54) is 0 Å². The van der Waals surface area contributed by atoms with E-state index in [1.54, 1.807) is 48.4 Å². The highest BCUT2D eigenvalue weighted by molar-refractivity contribution is 6.17. The SMILES string of the molecule is COc1ccc(C2C(C(=O)O)c3ccccc3C(=O)N2CCCCl)cc1. The molecule has 5 nitrogen and oxygen atoms in total. The van der Waals surface area contributed by atoms with Gasteiger partial charge < -0.3 is 14.7 Å². The van der Waals surface area contributed by atoms with Crippen molar-refractivity contribution >= 4 is 23.5 Å². The molecule has 2 aromatic rings. The first-order valence-electron chi connectivity index (χ1n) is 8.41. The minimum absolute atomic E-state index is 0.163. The van der Waals surface area contributed by atoms with Gasteiger partial charge in [-0.05, 0) is 35.7 Å². The molecule has 1 aliphatic rings. The molecule has 0 aromatic heterocycles. The number of fused-ring (bicyclic) bond motifs is 1. The Bertz CT molecular complexity index is 806. The number of nitrogens with zero attached hydrogens (tertiary/aromatic N) is 1. The van der Waals surface area contributed by atoms with Gasteiger partial charge in [0.1, 0.15) is 11.7 Å². The van der Waals surface area contributed by atoms with Crippen LogP contribution in [0.2, 0.25) is 0 Å². The van der Waals surface area contributed by atoms with Crippen LogP contribution in [0.5, 0.6) is 5.75 Å². The zero-order valence-corrected chi connectivity index (χ0v) is 15.1. The topological polar surface area (TPSA) is 66.8 Å². The fourth-order valence-electron chi connectivity index (χ4n) is 3.51. The van der Waals surface area contributed by atoms with Crippen molar-refractivity contribution < 1.29 is 19.4 Å². The highest BCUT2D eigenvalue weighted by atomic mass is 35.5. The van der Waals surface area contributed by atoms with Crippen molar-refractivity contribution in [3.05, 3.63) is 65.2 Å². The number of amides is 1. The molecular formula is C20H20ClNO4. The molecule has 2 unspecified atom stereocenters. The van der Waals surface area contributed by atoms with Gasteiger partial charge in [0.15, 0.2) is 0 Å². The lowest BCUT2D eigenvalue weighted by atomic mass is 9.79. The molecule has 26 heavy (non-hydrogen) atoms. The summed E-state index contributed by atoms with van der Waals surface area (Å²) < 4.78 is 5.19. The second-order valence-electron chi connectivity index (χ2n) is 6.16. The maximum atomic E-state index is 13.1. The second kappa shape index (κ2) is 7.79. The van der Waals surface area contributed by atoms with Crippen LogP contribution in [0.25, 0.3) is 0 Å². The summed E-state index contributed by atoms with van der Waals surface area (Å²) in [7, 11) is 1.57. The largest absolute Gasteiger partial charge is 0.497 e. The van der Waals surface area contributed by atoms with Crippen LogP contribution >= 0.6 is 11.6 Å². The maximum Gasteiger partial charge on any atom is 0.313 e. The zero-order valence-electron chi connectivity index (χ0n) is 14.4. The van der Waals surface area contributed by atoms with Crippen LogP contribution in [0.1, 0.15) is 39.9 Å². The van der Waals surface area contributed by atoms with Gasteiger partial charge in [-0.3, -0.25) is 9.59 Å². The number of rotatable bonds is 6. The van der Waals surface area contributed by atoms with Crippen molar-refractivity contribution in [3.8, 4) is 5.75 Å². The standard InChI is InChI=1S/C20H20ClNO4/c1-26-14-9-7-13(8-10-14)18-17(20(24)25)15-5-2-3-6-16(15)19(23)22(18)12-4-11-21/h2-3,5-10,17-18H,4,11-12H2,1H3,(H,24,25). The maximum absolute atomic E-state index is 13.1. The van der Waals surface area contributed by atoms with Crippen LogP contribution < -0.4 is 4.74 Å². The highest BCUT2D eigenvalue weighted by Gasteiger charge is 2.43. The average molecular weight is 374 g/mol. The minimum atomic E-state index is -0.957. The molecular weight excluding hydrogens is 354 g/mol. The van der Waals surface area contributed by atoms with E-state index in [0.717, 1.165) is 5.56 Å². The molecule has 0 fully saturated rings. The van der Waals surface area contributed by atoms with E-state index in [0.29, 0.717) is 35.7 Å². The first-order chi connectivity index (χ1) is 12.6. The lowest BCUT2D eigenvalue weighted by Crippen LogP contribution is -2.45. The quantitative estimate of drug-likeness (QED) is 0.784. The molecule has 6 heteroatoms. The van der Waals surface area contributed by atoms with E-state index in [4.69, 9.17) is 16.3 Å². The van der Waals surface area contributed by atoms with Gasteiger partial charge in [-0.2, -0.15) is 0 Å². The van der Waals surface area contributed by atoms with Gasteiger partial charge in [-0.1, -0.05) is 30.3 Å². The lowest BCUT2D eigenvalue weighted by Gasteiger charge is -2.41. The van der Waals surface area contributed by atoms with Crippen molar-refractivity contribution in [2.45, 2.75) is 18.4 Å². The molecule has 0 aliphatic carbocycles. The number of carboxylic acid groups (broad SMARTS) is 1. The summed E-state index contributed by atoms with van der Waals surface area (Å²) in [5.74, 6) is -0.882. The number of hydrogen-bond donors (Lipinski definition) is 1. The normalized spacial score (nSPS) is 19.2. The number of halogens is 1. The fraction of sp³-hybridized carbons (Fsp3) is 0.300. The number of ether oxygens (including phenoxy) is 1. The van der Waals surface area contributed by atoms with Gasteiger partial charge in [0.25, 0.3) is 5.91 Å². The summed E-state index contributed by atoms with van der Waals surface area (Å²) in [5.41, 5.74) is 1.75. The smallest absolute Gasteiger partial charge is 0.313 e. The molecule has 3 rings (SSSR count). The van der Waals surface area contributed by atoms with E-state index in [9.17, 15) is 14.7 Å². The van der Waals surface area contributed by atoms with Crippen molar-refractivity contribution in [2.75, 3.05) is 19.5 Å². The monoisotopic (exact) mass is 373 g/mol. The van der Waals surface area contributed by atoms with Crippen LogP contribution in [0.4, 0.5) is 0 Å². The van der Waals surface area contributed by atoms with E-state index in [2.05, 4.69) is 0 Å². The summed E-state index contributed by atoms with van der Waals surface area (Å²) in [6.07, 6.45) is 0.592. The minimum Gasteiger partial charge on any atom is -0.497 e. The number of hydrogen-bond acceptors (Lipinski definition) is 3. The van der Waals surface area contributed by atoms with E-state index < -0.39 is 17.9 Å². The zero-order chi connectivity index (χ0) is 18.7. The van der Waals surface area contributed by atoms with Crippen molar-refractivity contribution in [1.82, 2.24) is 4.90 Å². The molecule has 1 amide bonds. The molecule has 1 aliphatic heterocycles. The summed E-state index contributed by atoms with van der Waals surface area (Å²) in [4.78, 5) is 26.9. The first kappa shape index (κ1) is 18.3. The Morgan fingerprint density at radius 3 is 2.50 bits per heavy atom. The third-order valence-electron chi connectivity index (χ3n) is 4.69. The molecule has 2 aromatic carbocycles. The number of carbonyl (C=O) groups excluding carboxylic acids is 1. The third kappa shape index (κ3) is 3.27. The van der Waals surface area contributed by atoms with E-state index in [-0.39, 0.29) is 5.91 Å². The van der Waals surface area contributed by atoms with Crippen molar-refractivity contribution in [3.63, 3.8) is 0 Å². The van der Waals surface area contributed by atoms with Crippen LogP contribution in [0.15, 0.2) is 48.5 Å². The number of aliphatic carboxylic acids is 1. The Morgan fingerprint density at radius 2 is 1.88 bits per heavy atom. The molecule has 2 atom stereocenters. The third-order valence-corrected chi connectivity index (χ3v) is 4.96. The molecule has 1 heterocycles. The van der Waals surface area contributed by atoms with Gasteiger partial charge >= 0.3 is 5.97 Å². The molecule has 0 saturated heterocycles. The van der Waals surface area contributed by atoms with Gasteiger partial charge in [-0.15, -0.1) is 11.6 Å². The number of methoxy groups -OCH3 is 1. The van der Waals surface area contributed by atoms with Crippen LogP contribution in [-0.4, -0.2) is 41.4 Å². The molecule has 0 saturated carbocycles. The van der Waals surface area contributed by atoms with E-state index in [1.807, 2.05) is 12.1 Å². The lowest BCUT2D eigenvalue weighted by molar-refractivity contribution is -0.140. The number of carboxylic acids is 1.